The predicted molar refractivity (Wildman–Crippen MR) is 124 cm³/mol. The molecular formula is C25H25ClFN3O3. The van der Waals surface area contributed by atoms with Gasteiger partial charge < -0.3 is 15.2 Å². The Balaban J connectivity index is 1.22. The van der Waals surface area contributed by atoms with Gasteiger partial charge in [0.1, 0.15) is 5.75 Å². The Bertz CT molecular complexity index is 1120. The number of aryl methyl sites for hydroxylation is 1. The number of fused-ring (bicyclic) bond motifs is 1. The van der Waals surface area contributed by atoms with Crippen molar-refractivity contribution in [3.05, 3.63) is 76.3 Å². The number of nitrogens with one attached hydrogen (secondary N) is 1. The number of aliphatic carboxylic acids is 1. The highest BCUT2D eigenvalue weighted by Gasteiger charge is 2.24. The number of halogens is 2. The maximum Gasteiger partial charge on any atom is 0.303 e. The molecule has 0 unspecified atom stereocenters. The van der Waals surface area contributed by atoms with E-state index in [1.54, 1.807) is 24.3 Å². The van der Waals surface area contributed by atoms with E-state index >= 15 is 0 Å². The van der Waals surface area contributed by atoms with Crippen LogP contribution >= 0.6 is 11.6 Å². The summed E-state index contributed by atoms with van der Waals surface area (Å²) in [6.07, 6.45) is 3.86. The standard InChI is InChI=1S/C25H25ClFN3O3/c26-19-6-4-16(5-7-19)25-29-14-22(27)23(30-25)15-28-10-1-11-33-20-8-9-21-17(12-20)2-3-18(21)13-24(31)32/h4-9,12,14,18,28H,1-3,10-11,13,15H2,(H,31,32)/t18-/m0/s1. The van der Waals surface area contributed by atoms with Gasteiger partial charge in [-0.1, -0.05) is 17.7 Å². The molecule has 0 radical (unpaired) electrons. The van der Waals surface area contributed by atoms with Gasteiger partial charge in [-0.3, -0.25) is 4.79 Å². The molecule has 1 atom stereocenters. The molecule has 1 aromatic heterocycles. The summed E-state index contributed by atoms with van der Waals surface area (Å²) in [6, 6.07) is 13.0. The van der Waals surface area contributed by atoms with E-state index in [9.17, 15) is 9.18 Å². The van der Waals surface area contributed by atoms with Gasteiger partial charge in [0.15, 0.2) is 11.6 Å². The molecule has 3 aromatic rings. The van der Waals surface area contributed by atoms with Gasteiger partial charge in [0.2, 0.25) is 0 Å². The highest BCUT2D eigenvalue weighted by molar-refractivity contribution is 6.30. The summed E-state index contributed by atoms with van der Waals surface area (Å²) in [5.74, 6) is 0.132. The van der Waals surface area contributed by atoms with Crippen LogP contribution in [-0.4, -0.2) is 34.2 Å². The fourth-order valence-corrected chi connectivity index (χ4v) is 4.18. The number of carbonyl (C=O) groups is 1. The van der Waals surface area contributed by atoms with Crippen LogP contribution in [-0.2, 0) is 17.8 Å². The van der Waals surface area contributed by atoms with E-state index < -0.39 is 11.8 Å². The topological polar surface area (TPSA) is 84.3 Å². The maximum atomic E-state index is 14.1. The Morgan fingerprint density at radius 2 is 2.06 bits per heavy atom. The lowest BCUT2D eigenvalue weighted by molar-refractivity contribution is -0.137. The molecule has 8 heteroatoms. The lowest BCUT2D eigenvalue weighted by Gasteiger charge is -2.11. The molecule has 1 aliphatic rings. The summed E-state index contributed by atoms with van der Waals surface area (Å²) in [7, 11) is 0. The molecule has 0 aliphatic heterocycles. The molecule has 0 amide bonds. The van der Waals surface area contributed by atoms with Crippen LogP contribution in [0.4, 0.5) is 4.39 Å². The van der Waals surface area contributed by atoms with Crippen molar-refractivity contribution < 1.29 is 19.0 Å². The molecule has 33 heavy (non-hydrogen) atoms. The van der Waals surface area contributed by atoms with Gasteiger partial charge in [-0.25, -0.2) is 14.4 Å². The van der Waals surface area contributed by atoms with Crippen LogP contribution in [0.15, 0.2) is 48.7 Å². The number of carboxylic acids is 1. The molecule has 1 heterocycles. The number of nitrogens with zero attached hydrogens (tertiary/aromatic N) is 2. The Labute approximate surface area is 196 Å². The highest BCUT2D eigenvalue weighted by atomic mass is 35.5. The van der Waals surface area contributed by atoms with Gasteiger partial charge in [-0.15, -0.1) is 0 Å². The Morgan fingerprint density at radius 3 is 2.85 bits per heavy atom. The molecule has 0 saturated carbocycles. The van der Waals surface area contributed by atoms with Gasteiger partial charge in [-0.2, -0.15) is 0 Å². The summed E-state index contributed by atoms with van der Waals surface area (Å²) in [5, 5.41) is 12.9. The molecule has 0 saturated heterocycles. The zero-order valence-electron chi connectivity index (χ0n) is 18.1. The van der Waals surface area contributed by atoms with E-state index in [1.165, 1.54) is 11.8 Å². The van der Waals surface area contributed by atoms with Crippen LogP contribution in [0, 0.1) is 5.82 Å². The van der Waals surface area contributed by atoms with Gasteiger partial charge in [0.25, 0.3) is 0 Å². The number of benzene rings is 2. The minimum atomic E-state index is -0.760. The minimum Gasteiger partial charge on any atom is -0.494 e. The van der Waals surface area contributed by atoms with Gasteiger partial charge in [0.05, 0.1) is 24.9 Å². The molecule has 0 fully saturated rings. The number of aromatic nitrogens is 2. The second kappa shape index (κ2) is 10.7. The largest absolute Gasteiger partial charge is 0.494 e. The van der Waals surface area contributed by atoms with E-state index in [1.807, 2.05) is 18.2 Å². The number of hydrogen-bond acceptors (Lipinski definition) is 5. The third-order valence-corrected chi connectivity index (χ3v) is 5.97. The fourth-order valence-electron chi connectivity index (χ4n) is 4.05. The number of carboxylic acid groups (broad SMARTS) is 1. The molecule has 4 rings (SSSR count). The first-order chi connectivity index (χ1) is 16.0. The quantitative estimate of drug-likeness (QED) is 0.406. The van der Waals surface area contributed by atoms with Crippen molar-refractivity contribution in [1.82, 2.24) is 15.3 Å². The van der Waals surface area contributed by atoms with Crippen molar-refractivity contribution in [3.63, 3.8) is 0 Å². The number of hydrogen-bond donors (Lipinski definition) is 2. The Morgan fingerprint density at radius 1 is 1.24 bits per heavy atom. The molecule has 1 aliphatic carbocycles. The van der Waals surface area contributed by atoms with E-state index in [4.69, 9.17) is 21.4 Å². The van der Waals surface area contributed by atoms with Crippen LogP contribution in [0.3, 0.4) is 0 Å². The van der Waals surface area contributed by atoms with E-state index in [0.29, 0.717) is 36.2 Å². The van der Waals surface area contributed by atoms with Crippen LogP contribution in [0.25, 0.3) is 11.4 Å². The van der Waals surface area contributed by atoms with Crippen LogP contribution < -0.4 is 10.1 Å². The minimum absolute atomic E-state index is 0.0955. The van der Waals surface area contributed by atoms with Crippen molar-refractivity contribution in [2.24, 2.45) is 0 Å². The SMILES string of the molecule is O=C(O)C[C@@H]1CCc2cc(OCCCNCc3nc(-c4ccc(Cl)cc4)ncc3F)ccc21. The normalized spacial score (nSPS) is 14.8. The average Bonchev–Trinajstić information content (AvgIpc) is 3.19. The summed E-state index contributed by atoms with van der Waals surface area (Å²) in [4.78, 5) is 19.4. The van der Waals surface area contributed by atoms with Gasteiger partial charge in [-0.05, 0) is 79.3 Å². The van der Waals surface area contributed by atoms with Crippen molar-refractivity contribution in [3.8, 4) is 17.1 Å². The monoisotopic (exact) mass is 469 g/mol. The molecule has 0 bridgehead atoms. The lowest BCUT2D eigenvalue weighted by Crippen LogP contribution is -2.19. The molecule has 172 valence electrons. The lowest BCUT2D eigenvalue weighted by atomic mass is 9.98. The van der Waals surface area contributed by atoms with E-state index in [0.717, 1.165) is 36.1 Å². The number of ether oxygens (including phenoxy) is 1. The first kappa shape index (κ1) is 23.1. The summed E-state index contributed by atoms with van der Waals surface area (Å²) in [5.41, 5.74) is 3.38. The van der Waals surface area contributed by atoms with Gasteiger partial charge >= 0.3 is 5.97 Å². The van der Waals surface area contributed by atoms with Crippen LogP contribution in [0.1, 0.15) is 42.0 Å². The molecule has 0 spiro atoms. The van der Waals surface area contributed by atoms with Crippen molar-refractivity contribution in [1.29, 1.82) is 0 Å². The first-order valence-corrected chi connectivity index (χ1v) is 11.3. The average molecular weight is 470 g/mol. The van der Waals surface area contributed by atoms with Crippen LogP contribution in [0.2, 0.25) is 5.02 Å². The predicted octanol–water partition coefficient (Wildman–Crippen LogP) is 5.00. The van der Waals surface area contributed by atoms with E-state index in [2.05, 4.69) is 15.3 Å². The van der Waals surface area contributed by atoms with Crippen molar-refractivity contribution >= 4 is 17.6 Å². The second-order valence-corrected chi connectivity index (χ2v) is 8.50. The third kappa shape index (κ3) is 6.06. The maximum absolute atomic E-state index is 14.1. The third-order valence-electron chi connectivity index (χ3n) is 5.72. The van der Waals surface area contributed by atoms with Crippen molar-refractivity contribution in [2.75, 3.05) is 13.2 Å². The highest BCUT2D eigenvalue weighted by Crippen LogP contribution is 2.37. The first-order valence-electron chi connectivity index (χ1n) is 10.9. The molecule has 2 N–H and O–H groups in total. The second-order valence-electron chi connectivity index (χ2n) is 8.07. The molecular weight excluding hydrogens is 445 g/mol. The van der Waals surface area contributed by atoms with Crippen LogP contribution in [0.5, 0.6) is 5.75 Å². The van der Waals surface area contributed by atoms with Crippen molar-refractivity contribution in [2.45, 2.75) is 38.1 Å². The zero-order valence-corrected chi connectivity index (χ0v) is 18.8. The smallest absolute Gasteiger partial charge is 0.303 e. The summed E-state index contributed by atoms with van der Waals surface area (Å²) < 4.78 is 20.0. The molecule has 2 aromatic carbocycles. The van der Waals surface area contributed by atoms with E-state index in [-0.39, 0.29) is 12.3 Å². The fraction of sp³-hybridized carbons (Fsp3) is 0.320. The van der Waals surface area contributed by atoms with Gasteiger partial charge in [0, 0.05) is 17.1 Å². The summed E-state index contributed by atoms with van der Waals surface area (Å²) in [6.45, 7) is 1.46. The Hall–Kier alpha value is -3.03. The zero-order chi connectivity index (χ0) is 23.2. The number of rotatable bonds is 10. The summed E-state index contributed by atoms with van der Waals surface area (Å²) >= 11 is 5.91. The Kier molecular flexibility index (Phi) is 7.52. The molecule has 6 nitrogen and oxygen atoms in total.